The molecule has 3 rings (SSSR count). The molecule has 0 unspecified atom stereocenters. The highest BCUT2D eigenvalue weighted by atomic mass is 19.4. The van der Waals surface area contributed by atoms with E-state index in [-0.39, 0.29) is 17.1 Å². The highest BCUT2D eigenvalue weighted by Crippen LogP contribution is 2.39. The SMILES string of the molecule is FC(F)(F)c1cc(C(F)(F)F)c2nc3ccccc3nc2c1. The lowest BCUT2D eigenvalue weighted by atomic mass is 10.1. The van der Waals surface area contributed by atoms with E-state index in [1.54, 1.807) is 12.1 Å². The summed E-state index contributed by atoms with van der Waals surface area (Å²) in [4.78, 5) is 7.68. The van der Waals surface area contributed by atoms with Crippen molar-refractivity contribution >= 4 is 22.1 Å². The van der Waals surface area contributed by atoms with E-state index >= 15 is 0 Å². The number of halogens is 6. The molecule has 1 heterocycles. The van der Waals surface area contributed by atoms with Crippen LogP contribution in [0.4, 0.5) is 26.3 Å². The Morgan fingerprint density at radius 1 is 0.682 bits per heavy atom. The zero-order chi connectivity index (χ0) is 16.1. The van der Waals surface area contributed by atoms with Crippen molar-refractivity contribution < 1.29 is 26.3 Å². The summed E-state index contributed by atoms with van der Waals surface area (Å²) in [6, 6.07) is 6.67. The lowest BCUT2D eigenvalue weighted by Crippen LogP contribution is -2.12. The molecule has 2 nitrogen and oxygen atoms in total. The Hall–Kier alpha value is -2.38. The van der Waals surface area contributed by atoms with Crippen LogP contribution in [0.1, 0.15) is 11.1 Å². The summed E-state index contributed by atoms with van der Waals surface area (Å²) in [7, 11) is 0. The largest absolute Gasteiger partial charge is 0.418 e. The average Bonchev–Trinajstić information content (AvgIpc) is 2.41. The molecule has 0 aliphatic heterocycles. The van der Waals surface area contributed by atoms with E-state index in [4.69, 9.17) is 0 Å². The normalized spacial score (nSPS) is 13.0. The molecule has 0 spiro atoms. The summed E-state index contributed by atoms with van der Waals surface area (Å²) in [5.74, 6) is 0. The van der Waals surface area contributed by atoms with Crippen molar-refractivity contribution in [3.8, 4) is 0 Å². The fourth-order valence-corrected chi connectivity index (χ4v) is 2.11. The molecule has 2 aromatic carbocycles. The van der Waals surface area contributed by atoms with Gasteiger partial charge < -0.3 is 0 Å². The number of aromatic nitrogens is 2. The van der Waals surface area contributed by atoms with E-state index < -0.39 is 34.5 Å². The van der Waals surface area contributed by atoms with Crippen molar-refractivity contribution in [1.29, 1.82) is 0 Å². The summed E-state index contributed by atoms with van der Waals surface area (Å²) in [6.45, 7) is 0. The van der Waals surface area contributed by atoms with Crippen LogP contribution in [-0.2, 0) is 12.4 Å². The Labute approximate surface area is 119 Å². The smallest absolute Gasteiger partial charge is 0.244 e. The van der Waals surface area contributed by atoms with Crippen LogP contribution in [0.2, 0.25) is 0 Å². The second-order valence-electron chi connectivity index (χ2n) is 4.60. The fraction of sp³-hybridized carbons (Fsp3) is 0.143. The van der Waals surface area contributed by atoms with Crippen molar-refractivity contribution in [2.24, 2.45) is 0 Å². The first-order chi connectivity index (χ1) is 10.2. The minimum atomic E-state index is -4.96. The molecule has 0 amide bonds. The molecule has 0 radical (unpaired) electrons. The van der Waals surface area contributed by atoms with Crippen LogP contribution < -0.4 is 0 Å². The molecule has 0 N–H and O–H groups in total. The second-order valence-corrected chi connectivity index (χ2v) is 4.60. The van der Waals surface area contributed by atoms with Crippen LogP contribution in [0.3, 0.4) is 0 Å². The quantitative estimate of drug-likeness (QED) is 0.439. The van der Waals surface area contributed by atoms with Crippen molar-refractivity contribution in [2.45, 2.75) is 12.4 Å². The maximum atomic E-state index is 13.1. The Balaban J connectivity index is 2.44. The third kappa shape index (κ3) is 2.44. The number of para-hydroxylation sites is 2. The topological polar surface area (TPSA) is 25.8 Å². The van der Waals surface area contributed by atoms with Gasteiger partial charge >= 0.3 is 12.4 Å². The zero-order valence-electron chi connectivity index (χ0n) is 10.6. The number of alkyl halides is 6. The van der Waals surface area contributed by atoms with Crippen LogP contribution >= 0.6 is 0 Å². The molecule has 0 bridgehead atoms. The van der Waals surface area contributed by atoms with Gasteiger partial charge in [0.05, 0.1) is 27.7 Å². The van der Waals surface area contributed by atoms with Crippen LogP contribution in [0, 0.1) is 0 Å². The predicted molar refractivity (Wildman–Crippen MR) is 67.0 cm³/mol. The van der Waals surface area contributed by atoms with Gasteiger partial charge in [-0.25, -0.2) is 9.97 Å². The van der Waals surface area contributed by atoms with E-state index in [2.05, 4.69) is 9.97 Å². The van der Waals surface area contributed by atoms with Gasteiger partial charge in [-0.3, -0.25) is 0 Å². The van der Waals surface area contributed by atoms with E-state index in [0.29, 0.717) is 6.07 Å². The maximum absolute atomic E-state index is 13.1. The average molecular weight is 316 g/mol. The molecule has 8 heteroatoms. The fourth-order valence-electron chi connectivity index (χ4n) is 2.11. The van der Waals surface area contributed by atoms with E-state index in [1.165, 1.54) is 12.1 Å². The summed E-state index contributed by atoms with van der Waals surface area (Å²) in [6.07, 6.45) is -9.86. The Morgan fingerprint density at radius 3 is 1.82 bits per heavy atom. The number of fused-ring (bicyclic) bond motifs is 2. The Bertz CT molecular complexity index is 867. The zero-order valence-corrected chi connectivity index (χ0v) is 10.6. The van der Waals surface area contributed by atoms with Crippen LogP contribution in [0.25, 0.3) is 22.1 Å². The molecule has 0 saturated heterocycles. The van der Waals surface area contributed by atoms with Gasteiger partial charge in [-0.1, -0.05) is 12.1 Å². The number of hydrogen-bond acceptors (Lipinski definition) is 2. The highest BCUT2D eigenvalue weighted by molar-refractivity contribution is 5.88. The van der Waals surface area contributed by atoms with Gasteiger partial charge in [-0.05, 0) is 24.3 Å². The number of hydrogen-bond donors (Lipinski definition) is 0. The second kappa shape index (κ2) is 4.56. The van der Waals surface area contributed by atoms with Crippen molar-refractivity contribution in [3.63, 3.8) is 0 Å². The third-order valence-corrected chi connectivity index (χ3v) is 3.08. The lowest BCUT2D eigenvalue weighted by Gasteiger charge is -2.14. The Morgan fingerprint density at radius 2 is 1.27 bits per heavy atom. The molecule has 0 atom stereocenters. The molecule has 3 aromatic rings. The molecular weight excluding hydrogens is 310 g/mol. The molecule has 0 aliphatic rings. The summed E-state index contributed by atoms with van der Waals surface area (Å²) < 4.78 is 77.5. The Kier molecular flexibility index (Phi) is 3.01. The summed E-state index contributed by atoms with van der Waals surface area (Å²) in [5.41, 5.74) is -3.49. The lowest BCUT2D eigenvalue weighted by molar-refractivity contribution is -0.142. The standard InChI is InChI=1S/C14H6F6N2/c15-13(16,17)7-5-8(14(18,19)20)12-11(6-7)21-9-3-1-2-4-10(9)22-12/h1-6H. The molecule has 114 valence electrons. The third-order valence-electron chi connectivity index (χ3n) is 3.08. The molecule has 0 saturated carbocycles. The van der Waals surface area contributed by atoms with Gasteiger partial charge in [0.2, 0.25) is 0 Å². The first-order valence-electron chi connectivity index (χ1n) is 6.01. The first-order valence-corrected chi connectivity index (χ1v) is 6.01. The number of nitrogens with zero attached hydrogens (tertiary/aromatic N) is 2. The minimum Gasteiger partial charge on any atom is -0.244 e. The van der Waals surface area contributed by atoms with Gasteiger partial charge in [-0.15, -0.1) is 0 Å². The minimum absolute atomic E-state index is 0.0613. The van der Waals surface area contributed by atoms with E-state index in [9.17, 15) is 26.3 Å². The first kappa shape index (κ1) is 14.6. The van der Waals surface area contributed by atoms with Gasteiger partial charge in [0, 0.05) is 0 Å². The monoisotopic (exact) mass is 316 g/mol. The van der Waals surface area contributed by atoms with Crippen LogP contribution in [0.5, 0.6) is 0 Å². The summed E-state index contributed by atoms with van der Waals surface area (Å²) in [5, 5.41) is 0. The van der Waals surface area contributed by atoms with Crippen LogP contribution in [0.15, 0.2) is 36.4 Å². The summed E-state index contributed by atoms with van der Waals surface area (Å²) >= 11 is 0. The molecular formula is C14H6F6N2. The molecule has 22 heavy (non-hydrogen) atoms. The molecule has 0 aliphatic carbocycles. The number of benzene rings is 2. The highest BCUT2D eigenvalue weighted by Gasteiger charge is 2.38. The van der Waals surface area contributed by atoms with Gasteiger partial charge in [0.15, 0.2) is 0 Å². The van der Waals surface area contributed by atoms with Crippen molar-refractivity contribution in [3.05, 3.63) is 47.5 Å². The van der Waals surface area contributed by atoms with Gasteiger partial charge in [-0.2, -0.15) is 26.3 Å². The van der Waals surface area contributed by atoms with Gasteiger partial charge in [0.1, 0.15) is 5.52 Å². The molecule has 1 aromatic heterocycles. The van der Waals surface area contributed by atoms with Gasteiger partial charge in [0.25, 0.3) is 0 Å². The maximum Gasteiger partial charge on any atom is 0.418 e. The van der Waals surface area contributed by atoms with Crippen LogP contribution in [-0.4, -0.2) is 9.97 Å². The van der Waals surface area contributed by atoms with Crippen molar-refractivity contribution in [2.75, 3.05) is 0 Å². The predicted octanol–water partition coefficient (Wildman–Crippen LogP) is 4.82. The number of rotatable bonds is 0. The van der Waals surface area contributed by atoms with E-state index in [0.717, 1.165) is 0 Å². The van der Waals surface area contributed by atoms with Crippen molar-refractivity contribution in [1.82, 2.24) is 9.97 Å². The van der Waals surface area contributed by atoms with E-state index in [1.807, 2.05) is 0 Å². The molecule has 0 fully saturated rings.